The molecule has 12 heteroatoms. The van der Waals surface area contributed by atoms with Crippen LogP contribution in [0.3, 0.4) is 0 Å². The van der Waals surface area contributed by atoms with Gasteiger partial charge < -0.3 is 9.64 Å². The fourth-order valence-electron chi connectivity index (χ4n) is 3.27. The van der Waals surface area contributed by atoms with Gasteiger partial charge in [-0.25, -0.2) is 0 Å². The number of alkyl halides is 3. The third-order valence-corrected chi connectivity index (χ3v) is 6.40. The van der Waals surface area contributed by atoms with Crippen LogP contribution in [-0.4, -0.2) is 49.7 Å². The summed E-state index contributed by atoms with van der Waals surface area (Å²) in [6.07, 6.45) is -2.85. The van der Waals surface area contributed by atoms with Gasteiger partial charge in [-0.15, -0.1) is 29.6 Å². The van der Waals surface area contributed by atoms with E-state index in [1.165, 1.54) is 45.6 Å². The van der Waals surface area contributed by atoms with Crippen molar-refractivity contribution in [2.24, 2.45) is 0 Å². The molecule has 0 N–H and O–H groups in total. The van der Waals surface area contributed by atoms with Crippen LogP contribution in [0.1, 0.15) is 23.8 Å². The molecule has 3 heterocycles. The molecule has 2 aromatic heterocycles. The van der Waals surface area contributed by atoms with E-state index in [9.17, 15) is 18.0 Å². The lowest BCUT2D eigenvalue weighted by atomic mass is 10.2. The van der Waals surface area contributed by atoms with Crippen molar-refractivity contribution in [2.45, 2.75) is 30.4 Å². The quantitative estimate of drug-likeness (QED) is 0.522. The molecule has 0 bridgehead atoms. The molecule has 1 aromatic carbocycles. The van der Waals surface area contributed by atoms with Crippen LogP contribution in [-0.2, 0) is 4.79 Å². The van der Waals surface area contributed by atoms with Crippen molar-refractivity contribution in [1.29, 1.82) is 0 Å². The monoisotopic (exact) mass is 455 g/mol. The van der Waals surface area contributed by atoms with Crippen LogP contribution in [0.25, 0.3) is 5.69 Å². The summed E-state index contributed by atoms with van der Waals surface area (Å²) >= 11 is 2.83. The molecule has 0 radical (unpaired) electrons. The van der Waals surface area contributed by atoms with Crippen LogP contribution in [0.4, 0.5) is 13.2 Å². The zero-order chi connectivity index (χ0) is 21.1. The number of amides is 1. The first-order valence-electron chi connectivity index (χ1n) is 9.01. The zero-order valence-corrected chi connectivity index (χ0v) is 17.1. The van der Waals surface area contributed by atoms with Crippen molar-refractivity contribution in [3.05, 3.63) is 46.7 Å². The average Bonchev–Trinajstić information content (AvgIpc) is 3.46. The fourth-order valence-corrected chi connectivity index (χ4v) is 4.92. The Hall–Kier alpha value is -2.60. The number of benzene rings is 1. The fraction of sp³-hybridized carbons (Fsp3) is 0.333. The van der Waals surface area contributed by atoms with E-state index in [0.717, 1.165) is 12.8 Å². The maximum absolute atomic E-state index is 12.8. The number of tetrazole rings is 1. The number of thioether (sulfide) groups is 1. The molecule has 7 nitrogen and oxygen atoms in total. The summed E-state index contributed by atoms with van der Waals surface area (Å²) in [5, 5.41) is 13.8. The van der Waals surface area contributed by atoms with Crippen LogP contribution >= 0.6 is 23.1 Å². The van der Waals surface area contributed by atoms with Crippen molar-refractivity contribution in [1.82, 2.24) is 25.1 Å². The molecular formula is C18H16F3N5O2S2. The number of likely N-dealkylation sites (tertiary alicyclic amines) is 1. The molecule has 3 aromatic rings. The zero-order valence-electron chi connectivity index (χ0n) is 15.5. The molecular weight excluding hydrogens is 439 g/mol. The van der Waals surface area contributed by atoms with E-state index in [2.05, 4.69) is 20.3 Å². The second kappa shape index (κ2) is 8.64. The van der Waals surface area contributed by atoms with Gasteiger partial charge >= 0.3 is 6.36 Å². The lowest BCUT2D eigenvalue weighted by Gasteiger charge is -2.23. The molecule has 0 saturated carbocycles. The first kappa shape index (κ1) is 20.7. The Morgan fingerprint density at radius 3 is 2.77 bits per heavy atom. The molecule has 158 valence electrons. The average molecular weight is 455 g/mol. The molecule has 1 saturated heterocycles. The highest BCUT2D eigenvalue weighted by Crippen LogP contribution is 2.35. The molecule has 1 amide bonds. The minimum atomic E-state index is -4.76. The Bertz CT molecular complexity index is 992. The van der Waals surface area contributed by atoms with Crippen LogP contribution in [0, 0.1) is 0 Å². The van der Waals surface area contributed by atoms with E-state index in [0.29, 0.717) is 17.4 Å². The third kappa shape index (κ3) is 4.75. The normalized spacial score (nSPS) is 16.8. The predicted molar refractivity (Wildman–Crippen MR) is 105 cm³/mol. The van der Waals surface area contributed by atoms with E-state index < -0.39 is 6.36 Å². The van der Waals surface area contributed by atoms with Gasteiger partial charge in [0.1, 0.15) is 5.75 Å². The van der Waals surface area contributed by atoms with Gasteiger partial charge in [-0.2, -0.15) is 4.68 Å². The summed E-state index contributed by atoms with van der Waals surface area (Å²) in [6.45, 7) is 0.716. The molecule has 1 aliphatic rings. The standard InChI is InChI=1S/C18H16F3N5O2S2/c19-18(20,21)28-13-7-5-12(6-8-13)26-17(22-23-24-26)30-11-16(27)25-9-1-3-14(25)15-4-2-10-29-15/h2,4-8,10,14H,1,3,9,11H2. The largest absolute Gasteiger partial charge is 0.573 e. The van der Waals surface area contributed by atoms with Gasteiger partial charge in [-0.05, 0) is 59.0 Å². The van der Waals surface area contributed by atoms with Gasteiger partial charge in [0.2, 0.25) is 11.1 Å². The van der Waals surface area contributed by atoms with Crippen molar-refractivity contribution in [3.63, 3.8) is 0 Å². The number of ether oxygens (including phenoxy) is 1. The summed E-state index contributed by atoms with van der Waals surface area (Å²) < 4.78 is 42.1. The molecule has 4 rings (SSSR count). The van der Waals surface area contributed by atoms with Crippen LogP contribution in [0.5, 0.6) is 5.75 Å². The van der Waals surface area contributed by atoms with E-state index in [-0.39, 0.29) is 23.5 Å². The van der Waals surface area contributed by atoms with E-state index in [4.69, 9.17) is 0 Å². The number of nitrogens with zero attached hydrogens (tertiary/aromatic N) is 5. The number of aromatic nitrogens is 4. The smallest absolute Gasteiger partial charge is 0.406 e. The summed E-state index contributed by atoms with van der Waals surface area (Å²) in [5.74, 6) is -0.172. The van der Waals surface area contributed by atoms with Gasteiger partial charge in [0, 0.05) is 11.4 Å². The van der Waals surface area contributed by atoms with E-state index in [1.54, 1.807) is 11.3 Å². The summed E-state index contributed by atoms with van der Waals surface area (Å²) in [5.41, 5.74) is 0.460. The predicted octanol–water partition coefficient (Wildman–Crippen LogP) is 4.08. The van der Waals surface area contributed by atoms with Crippen molar-refractivity contribution in [2.75, 3.05) is 12.3 Å². The highest BCUT2D eigenvalue weighted by atomic mass is 32.2. The number of halogens is 3. The van der Waals surface area contributed by atoms with Crippen molar-refractivity contribution < 1.29 is 22.7 Å². The maximum Gasteiger partial charge on any atom is 0.573 e. The maximum atomic E-state index is 12.8. The molecule has 1 aliphatic heterocycles. The molecule has 30 heavy (non-hydrogen) atoms. The first-order chi connectivity index (χ1) is 14.4. The Morgan fingerprint density at radius 1 is 1.27 bits per heavy atom. The summed E-state index contributed by atoms with van der Waals surface area (Å²) in [4.78, 5) is 15.8. The van der Waals surface area contributed by atoms with Crippen molar-refractivity contribution in [3.8, 4) is 11.4 Å². The Balaban J connectivity index is 1.41. The second-order valence-electron chi connectivity index (χ2n) is 6.46. The Morgan fingerprint density at radius 2 is 2.07 bits per heavy atom. The first-order valence-corrected chi connectivity index (χ1v) is 10.9. The van der Waals surface area contributed by atoms with E-state index in [1.807, 2.05) is 22.4 Å². The molecule has 0 spiro atoms. The summed E-state index contributed by atoms with van der Waals surface area (Å²) in [7, 11) is 0. The second-order valence-corrected chi connectivity index (χ2v) is 8.39. The summed E-state index contributed by atoms with van der Waals surface area (Å²) in [6, 6.07) is 9.32. The van der Waals surface area contributed by atoms with Crippen LogP contribution in [0.15, 0.2) is 46.9 Å². The molecule has 1 unspecified atom stereocenters. The molecule has 0 aliphatic carbocycles. The third-order valence-electron chi connectivity index (χ3n) is 4.53. The topological polar surface area (TPSA) is 73.1 Å². The van der Waals surface area contributed by atoms with Gasteiger partial charge in [-0.1, -0.05) is 17.8 Å². The van der Waals surface area contributed by atoms with Gasteiger partial charge in [0.05, 0.1) is 17.5 Å². The van der Waals surface area contributed by atoms with E-state index >= 15 is 0 Å². The molecule has 1 fully saturated rings. The minimum Gasteiger partial charge on any atom is -0.406 e. The lowest BCUT2D eigenvalue weighted by Crippen LogP contribution is -2.31. The number of rotatable bonds is 6. The van der Waals surface area contributed by atoms with Crippen LogP contribution in [0.2, 0.25) is 0 Å². The Labute approximate surface area is 177 Å². The highest BCUT2D eigenvalue weighted by Gasteiger charge is 2.32. The van der Waals surface area contributed by atoms with Crippen LogP contribution < -0.4 is 4.74 Å². The minimum absolute atomic E-state index is 0.000579. The number of carbonyl (C=O) groups excluding carboxylic acids is 1. The number of thiophene rings is 1. The van der Waals surface area contributed by atoms with Gasteiger partial charge in [-0.3, -0.25) is 4.79 Å². The SMILES string of the molecule is O=C(CSc1nnnn1-c1ccc(OC(F)(F)F)cc1)N1CCCC1c1cccs1. The number of hydrogen-bond acceptors (Lipinski definition) is 7. The molecule has 1 atom stereocenters. The Kier molecular flexibility index (Phi) is 5.95. The van der Waals surface area contributed by atoms with Gasteiger partial charge in [0.25, 0.3) is 0 Å². The van der Waals surface area contributed by atoms with Crippen molar-refractivity contribution >= 4 is 29.0 Å². The number of hydrogen-bond donors (Lipinski definition) is 0. The van der Waals surface area contributed by atoms with Gasteiger partial charge in [0.15, 0.2) is 0 Å². The lowest BCUT2D eigenvalue weighted by molar-refractivity contribution is -0.274. The number of carbonyl (C=O) groups is 1. The highest BCUT2D eigenvalue weighted by molar-refractivity contribution is 7.99.